The number of imidazole rings is 1. The van der Waals surface area contributed by atoms with Crippen LogP contribution in [-0.4, -0.2) is 21.0 Å². The van der Waals surface area contributed by atoms with Crippen molar-refractivity contribution in [1.29, 1.82) is 0 Å². The highest BCUT2D eigenvalue weighted by Crippen LogP contribution is 2.50. The zero-order valence-corrected chi connectivity index (χ0v) is 8.73. The molecule has 1 fully saturated rings. The lowest BCUT2D eigenvalue weighted by atomic mass is 10.0. The Morgan fingerprint density at radius 2 is 2.19 bits per heavy atom. The Hall–Kier alpha value is -1.84. The van der Waals surface area contributed by atoms with E-state index in [-0.39, 0.29) is 11.8 Å². The number of carbonyl (C=O) groups is 1. The lowest BCUT2D eigenvalue weighted by Gasteiger charge is -2.07. The van der Waals surface area contributed by atoms with Crippen LogP contribution in [0.3, 0.4) is 0 Å². The van der Waals surface area contributed by atoms with Gasteiger partial charge in [-0.2, -0.15) is 0 Å². The predicted octanol–water partition coefficient (Wildman–Crippen LogP) is 2.07. The molecule has 4 nitrogen and oxygen atoms in total. The van der Waals surface area contributed by atoms with Crippen LogP contribution >= 0.6 is 0 Å². The monoisotopic (exact) mass is 216 g/mol. The molecule has 0 aliphatic heterocycles. The van der Waals surface area contributed by atoms with Crippen LogP contribution in [0.15, 0.2) is 24.3 Å². The van der Waals surface area contributed by atoms with Gasteiger partial charge >= 0.3 is 5.97 Å². The number of rotatable bonds is 3. The lowest BCUT2D eigenvalue weighted by molar-refractivity contribution is -0.137. The Bertz CT molecular complexity index is 522. The fourth-order valence-electron chi connectivity index (χ4n) is 2.14. The molecule has 1 aromatic heterocycles. The fourth-order valence-corrected chi connectivity index (χ4v) is 2.14. The summed E-state index contributed by atoms with van der Waals surface area (Å²) in [5.74, 6) is 0.0778. The molecule has 0 bridgehead atoms. The van der Waals surface area contributed by atoms with Crippen LogP contribution in [0, 0.1) is 0 Å². The van der Waals surface area contributed by atoms with Crippen molar-refractivity contribution in [2.75, 3.05) is 0 Å². The Kier molecular flexibility index (Phi) is 1.80. The first-order chi connectivity index (χ1) is 7.70. The quantitative estimate of drug-likeness (QED) is 0.825. The highest BCUT2D eigenvalue weighted by atomic mass is 16.4. The number of benzene rings is 1. The van der Waals surface area contributed by atoms with Gasteiger partial charge in [0.15, 0.2) is 0 Å². The van der Waals surface area contributed by atoms with E-state index in [1.807, 2.05) is 24.3 Å². The van der Waals surface area contributed by atoms with E-state index in [2.05, 4.69) is 9.97 Å². The number of nitrogens with zero attached hydrogens (tertiary/aromatic N) is 1. The summed E-state index contributed by atoms with van der Waals surface area (Å²) in [6, 6.07) is 7.78. The summed E-state index contributed by atoms with van der Waals surface area (Å²) in [5.41, 5.74) is 1.66. The van der Waals surface area contributed by atoms with Gasteiger partial charge in [-0.25, -0.2) is 4.98 Å². The summed E-state index contributed by atoms with van der Waals surface area (Å²) in [5, 5.41) is 8.88. The van der Waals surface area contributed by atoms with E-state index in [1.165, 1.54) is 0 Å². The van der Waals surface area contributed by atoms with Gasteiger partial charge in [0, 0.05) is 5.41 Å². The number of fused-ring (bicyclic) bond motifs is 1. The molecule has 1 heterocycles. The van der Waals surface area contributed by atoms with E-state index in [9.17, 15) is 4.79 Å². The Balaban J connectivity index is 2.03. The maximum Gasteiger partial charge on any atom is 0.304 e. The number of hydrogen-bond donors (Lipinski definition) is 2. The normalized spacial score (nSPS) is 17.5. The minimum absolute atomic E-state index is 0.173. The molecule has 82 valence electrons. The molecular formula is C12H12N2O2. The third-order valence-corrected chi connectivity index (χ3v) is 3.23. The molecule has 1 aromatic carbocycles. The van der Waals surface area contributed by atoms with Crippen molar-refractivity contribution >= 4 is 17.0 Å². The van der Waals surface area contributed by atoms with E-state index < -0.39 is 5.97 Å². The summed E-state index contributed by atoms with van der Waals surface area (Å²) in [6.45, 7) is 0. The van der Waals surface area contributed by atoms with Crippen molar-refractivity contribution < 1.29 is 9.90 Å². The molecule has 4 heteroatoms. The number of H-pyrrole nitrogens is 1. The van der Waals surface area contributed by atoms with Crippen molar-refractivity contribution in [3.8, 4) is 0 Å². The van der Waals surface area contributed by atoms with Gasteiger partial charge in [0.05, 0.1) is 17.5 Å². The van der Waals surface area contributed by atoms with E-state index in [4.69, 9.17) is 5.11 Å². The van der Waals surface area contributed by atoms with Gasteiger partial charge in [0.1, 0.15) is 5.82 Å². The van der Waals surface area contributed by atoms with Crippen molar-refractivity contribution in [3.63, 3.8) is 0 Å². The van der Waals surface area contributed by atoms with Crippen molar-refractivity contribution in [1.82, 2.24) is 9.97 Å². The van der Waals surface area contributed by atoms with E-state index >= 15 is 0 Å². The molecular weight excluding hydrogens is 204 g/mol. The number of carboxylic acid groups (broad SMARTS) is 1. The minimum Gasteiger partial charge on any atom is -0.481 e. The average Bonchev–Trinajstić information content (AvgIpc) is 2.89. The highest BCUT2D eigenvalue weighted by molar-refractivity contribution is 5.76. The number of aliphatic carboxylic acids is 1. The first kappa shape index (κ1) is 9.39. The van der Waals surface area contributed by atoms with Gasteiger partial charge in [0.25, 0.3) is 0 Å². The molecule has 16 heavy (non-hydrogen) atoms. The second-order valence-electron chi connectivity index (χ2n) is 4.45. The fraction of sp³-hybridized carbons (Fsp3) is 0.333. The summed E-state index contributed by atoms with van der Waals surface area (Å²) < 4.78 is 0. The third-order valence-electron chi connectivity index (χ3n) is 3.23. The zero-order chi connectivity index (χ0) is 11.2. The lowest BCUT2D eigenvalue weighted by Crippen LogP contribution is -2.14. The second-order valence-corrected chi connectivity index (χ2v) is 4.45. The summed E-state index contributed by atoms with van der Waals surface area (Å²) in [7, 11) is 0. The number of aromatic nitrogens is 2. The number of hydrogen-bond acceptors (Lipinski definition) is 2. The third kappa shape index (κ3) is 1.38. The van der Waals surface area contributed by atoms with Crippen molar-refractivity contribution in [3.05, 3.63) is 30.1 Å². The van der Waals surface area contributed by atoms with Crippen molar-refractivity contribution in [2.24, 2.45) is 0 Å². The molecule has 1 aliphatic rings. The van der Waals surface area contributed by atoms with Crippen LogP contribution in [0.25, 0.3) is 11.0 Å². The van der Waals surface area contributed by atoms with Gasteiger partial charge in [-0.3, -0.25) is 4.79 Å². The highest BCUT2D eigenvalue weighted by Gasteiger charge is 2.48. The smallest absolute Gasteiger partial charge is 0.304 e. The molecule has 0 amide bonds. The molecule has 0 unspecified atom stereocenters. The Labute approximate surface area is 92.3 Å². The molecule has 0 atom stereocenters. The molecule has 0 spiro atoms. The second kappa shape index (κ2) is 3.07. The molecule has 0 radical (unpaired) electrons. The van der Waals surface area contributed by atoms with Crippen LogP contribution in [0.1, 0.15) is 25.1 Å². The van der Waals surface area contributed by atoms with Crippen LogP contribution in [0.5, 0.6) is 0 Å². The molecule has 1 aliphatic carbocycles. The summed E-state index contributed by atoms with van der Waals surface area (Å²) in [4.78, 5) is 18.5. The molecule has 1 saturated carbocycles. The van der Waals surface area contributed by atoms with Gasteiger partial charge in [0.2, 0.25) is 0 Å². The minimum atomic E-state index is -0.752. The Morgan fingerprint density at radius 1 is 1.44 bits per heavy atom. The van der Waals surface area contributed by atoms with E-state index in [1.54, 1.807) is 0 Å². The van der Waals surface area contributed by atoms with Gasteiger partial charge < -0.3 is 10.1 Å². The summed E-state index contributed by atoms with van der Waals surface area (Å²) in [6.07, 6.45) is 2.01. The molecule has 2 aromatic rings. The number of para-hydroxylation sites is 2. The molecule has 2 N–H and O–H groups in total. The van der Waals surface area contributed by atoms with Gasteiger partial charge in [-0.05, 0) is 25.0 Å². The maximum atomic E-state index is 10.8. The van der Waals surface area contributed by atoms with Crippen LogP contribution < -0.4 is 0 Å². The van der Waals surface area contributed by atoms with E-state index in [0.29, 0.717) is 0 Å². The molecule has 0 saturated heterocycles. The van der Waals surface area contributed by atoms with Crippen LogP contribution in [-0.2, 0) is 10.2 Å². The maximum absolute atomic E-state index is 10.8. The summed E-state index contributed by atoms with van der Waals surface area (Å²) >= 11 is 0. The zero-order valence-electron chi connectivity index (χ0n) is 8.73. The average molecular weight is 216 g/mol. The topological polar surface area (TPSA) is 66.0 Å². The van der Waals surface area contributed by atoms with Crippen LogP contribution in [0.2, 0.25) is 0 Å². The van der Waals surface area contributed by atoms with Gasteiger partial charge in [-0.15, -0.1) is 0 Å². The standard InChI is InChI=1S/C12H12N2O2/c15-10(16)7-12(5-6-12)11-13-8-3-1-2-4-9(8)14-11/h1-4H,5-7H2,(H,13,14)(H,15,16). The first-order valence-electron chi connectivity index (χ1n) is 5.37. The first-order valence-corrected chi connectivity index (χ1v) is 5.37. The largest absolute Gasteiger partial charge is 0.481 e. The van der Waals surface area contributed by atoms with E-state index in [0.717, 1.165) is 29.7 Å². The van der Waals surface area contributed by atoms with Crippen molar-refractivity contribution in [2.45, 2.75) is 24.7 Å². The Morgan fingerprint density at radius 3 is 2.81 bits per heavy atom. The molecule has 3 rings (SSSR count). The number of carboxylic acids is 1. The van der Waals surface area contributed by atoms with Crippen LogP contribution in [0.4, 0.5) is 0 Å². The number of nitrogens with one attached hydrogen (secondary N) is 1. The number of aromatic amines is 1. The predicted molar refractivity (Wildman–Crippen MR) is 59.3 cm³/mol. The SMILES string of the molecule is O=C(O)CC1(c2nc3ccccc3[nH]2)CC1. The van der Waals surface area contributed by atoms with Gasteiger partial charge in [-0.1, -0.05) is 12.1 Å².